The number of hydrogen-bond donors (Lipinski definition) is 3. The topological polar surface area (TPSA) is 70.6 Å². The summed E-state index contributed by atoms with van der Waals surface area (Å²) in [6.45, 7) is 4.99. The van der Waals surface area contributed by atoms with Crippen LogP contribution < -0.4 is 11.1 Å². The summed E-state index contributed by atoms with van der Waals surface area (Å²) in [7, 11) is 0. The molecule has 88 valence electrons. The van der Waals surface area contributed by atoms with E-state index in [1.165, 1.54) is 5.56 Å². The summed E-state index contributed by atoms with van der Waals surface area (Å²) in [5.41, 5.74) is 7.74. The van der Waals surface area contributed by atoms with Crippen LogP contribution >= 0.6 is 0 Å². The Morgan fingerprint density at radius 3 is 2.88 bits per heavy atom. The smallest absolute Gasteiger partial charge is 0.140 e. The summed E-state index contributed by atoms with van der Waals surface area (Å²) in [4.78, 5) is 0. The lowest BCUT2D eigenvalue weighted by molar-refractivity contribution is 0.317. The van der Waals surface area contributed by atoms with Gasteiger partial charge in [0.25, 0.3) is 0 Å². The van der Waals surface area contributed by atoms with Gasteiger partial charge in [-0.2, -0.15) is 0 Å². The molecule has 0 amide bonds. The second-order valence-electron chi connectivity index (χ2n) is 4.05. The molecule has 4 N–H and O–H groups in total. The van der Waals surface area contributed by atoms with Gasteiger partial charge in [0.05, 0.1) is 0 Å². The van der Waals surface area contributed by atoms with Crippen LogP contribution in [0.4, 0.5) is 5.69 Å². The van der Waals surface area contributed by atoms with Crippen LogP contribution in [0.1, 0.15) is 31.7 Å². The van der Waals surface area contributed by atoms with E-state index in [0.29, 0.717) is 18.9 Å². The molecule has 0 unspecified atom stereocenters. The molecule has 0 aliphatic carbocycles. The summed E-state index contributed by atoms with van der Waals surface area (Å²) < 4.78 is 0. The van der Waals surface area contributed by atoms with E-state index < -0.39 is 0 Å². The number of nitrogens with two attached hydrogens (primary N) is 1. The summed E-state index contributed by atoms with van der Waals surface area (Å²) >= 11 is 0. The van der Waals surface area contributed by atoms with Gasteiger partial charge >= 0.3 is 0 Å². The Labute approximate surface area is 96.2 Å². The highest BCUT2D eigenvalue weighted by molar-refractivity contribution is 5.80. The molecule has 0 fully saturated rings. The second kappa shape index (κ2) is 6.00. The van der Waals surface area contributed by atoms with E-state index in [4.69, 9.17) is 10.9 Å². The highest BCUT2D eigenvalue weighted by atomic mass is 16.4. The molecule has 0 saturated carbocycles. The Morgan fingerprint density at radius 1 is 1.50 bits per heavy atom. The molecular formula is C12H19N3O. The summed E-state index contributed by atoms with van der Waals surface area (Å²) in [5.74, 6) is 0.762. The molecule has 0 heterocycles. The number of anilines is 1. The monoisotopic (exact) mass is 221 g/mol. The molecule has 4 nitrogen and oxygen atoms in total. The van der Waals surface area contributed by atoms with Gasteiger partial charge in [-0.3, -0.25) is 0 Å². The first-order chi connectivity index (χ1) is 7.63. The number of nitrogens with one attached hydrogen (secondary N) is 1. The number of nitrogens with zero attached hydrogens (tertiary/aromatic N) is 1. The molecule has 1 aromatic carbocycles. The van der Waals surface area contributed by atoms with Gasteiger partial charge in [-0.05, 0) is 23.6 Å². The van der Waals surface area contributed by atoms with E-state index in [9.17, 15) is 0 Å². The van der Waals surface area contributed by atoms with E-state index in [-0.39, 0.29) is 5.84 Å². The molecule has 0 bridgehead atoms. The van der Waals surface area contributed by atoms with Crippen LogP contribution in [0, 0.1) is 0 Å². The predicted octanol–water partition coefficient (Wildman–Crippen LogP) is 2.36. The highest BCUT2D eigenvalue weighted by Gasteiger charge is 2.00. The fourth-order valence-corrected chi connectivity index (χ4v) is 1.39. The van der Waals surface area contributed by atoms with Gasteiger partial charge in [-0.15, -0.1) is 0 Å². The molecule has 0 aliphatic heterocycles. The molecule has 0 radical (unpaired) electrons. The number of amidine groups is 1. The maximum absolute atomic E-state index is 8.38. The lowest BCUT2D eigenvalue weighted by atomic mass is 10.0. The zero-order valence-electron chi connectivity index (χ0n) is 9.77. The third-order valence-corrected chi connectivity index (χ3v) is 2.39. The maximum Gasteiger partial charge on any atom is 0.140 e. The van der Waals surface area contributed by atoms with Crippen LogP contribution in [0.2, 0.25) is 0 Å². The van der Waals surface area contributed by atoms with Gasteiger partial charge in [0.2, 0.25) is 0 Å². The second-order valence-corrected chi connectivity index (χ2v) is 4.05. The molecule has 0 spiro atoms. The van der Waals surface area contributed by atoms with Gasteiger partial charge in [-0.1, -0.05) is 31.1 Å². The first-order valence-corrected chi connectivity index (χ1v) is 5.43. The van der Waals surface area contributed by atoms with E-state index in [0.717, 1.165) is 5.69 Å². The lowest BCUT2D eigenvalue weighted by Crippen LogP contribution is -2.16. The van der Waals surface area contributed by atoms with Crippen molar-refractivity contribution in [3.05, 3.63) is 29.8 Å². The van der Waals surface area contributed by atoms with Gasteiger partial charge < -0.3 is 16.3 Å². The summed E-state index contributed by atoms with van der Waals surface area (Å²) in [5, 5.41) is 14.5. The molecule has 1 aromatic rings. The summed E-state index contributed by atoms with van der Waals surface area (Å²) in [6, 6.07) is 8.27. The summed E-state index contributed by atoms with van der Waals surface area (Å²) in [6.07, 6.45) is 0.530. The normalized spacial score (nSPS) is 11.8. The average molecular weight is 221 g/mol. The third-order valence-electron chi connectivity index (χ3n) is 2.39. The number of oxime groups is 1. The number of rotatable bonds is 5. The van der Waals surface area contributed by atoms with Crippen LogP contribution in [-0.2, 0) is 0 Å². The molecule has 16 heavy (non-hydrogen) atoms. The average Bonchev–Trinajstić information content (AvgIpc) is 2.29. The van der Waals surface area contributed by atoms with Crippen LogP contribution in [-0.4, -0.2) is 17.6 Å². The minimum absolute atomic E-state index is 0.243. The molecular weight excluding hydrogens is 202 g/mol. The fourth-order valence-electron chi connectivity index (χ4n) is 1.39. The number of benzene rings is 1. The van der Waals surface area contributed by atoms with Crippen molar-refractivity contribution in [1.29, 1.82) is 0 Å². The molecule has 0 aromatic heterocycles. The van der Waals surface area contributed by atoms with Crippen LogP contribution in [0.15, 0.2) is 29.4 Å². The largest absolute Gasteiger partial charge is 0.409 e. The lowest BCUT2D eigenvalue weighted by Gasteiger charge is -2.09. The van der Waals surface area contributed by atoms with Crippen molar-refractivity contribution in [2.45, 2.75) is 26.2 Å². The van der Waals surface area contributed by atoms with Crippen LogP contribution in [0.3, 0.4) is 0 Å². The minimum atomic E-state index is 0.243. The van der Waals surface area contributed by atoms with Crippen molar-refractivity contribution in [2.24, 2.45) is 10.9 Å². The minimum Gasteiger partial charge on any atom is -0.409 e. The van der Waals surface area contributed by atoms with E-state index in [1.807, 2.05) is 12.1 Å². The quantitative estimate of drug-likeness (QED) is 0.309. The van der Waals surface area contributed by atoms with Gasteiger partial charge in [-0.25, -0.2) is 0 Å². The number of hydrogen-bond acceptors (Lipinski definition) is 3. The first-order valence-electron chi connectivity index (χ1n) is 5.43. The first kappa shape index (κ1) is 12.4. The Balaban J connectivity index is 2.51. The highest BCUT2D eigenvalue weighted by Crippen LogP contribution is 2.18. The van der Waals surface area contributed by atoms with Crippen molar-refractivity contribution >= 4 is 11.5 Å². The van der Waals surface area contributed by atoms with Gasteiger partial charge in [0.15, 0.2) is 0 Å². The van der Waals surface area contributed by atoms with E-state index >= 15 is 0 Å². The van der Waals surface area contributed by atoms with E-state index in [1.54, 1.807) is 0 Å². The van der Waals surface area contributed by atoms with Gasteiger partial charge in [0, 0.05) is 18.7 Å². The van der Waals surface area contributed by atoms with Crippen molar-refractivity contribution in [3.63, 3.8) is 0 Å². The standard InChI is InChI=1S/C12H19N3O/c1-9(2)10-4-3-5-11(8-10)14-7-6-12(13)15-16/h3-5,8-9,14,16H,6-7H2,1-2H3,(H2,13,15). The van der Waals surface area contributed by atoms with Gasteiger partial charge in [0.1, 0.15) is 5.84 Å². The Hall–Kier alpha value is -1.71. The molecule has 0 saturated heterocycles. The van der Waals surface area contributed by atoms with Crippen molar-refractivity contribution < 1.29 is 5.21 Å². The predicted molar refractivity (Wildman–Crippen MR) is 67.0 cm³/mol. The third kappa shape index (κ3) is 3.81. The van der Waals surface area contributed by atoms with Crippen LogP contribution in [0.5, 0.6) is 0 Å². The molecule has 0 aliphatic rings. The SMILES string of the molecule is CC(C)c1cccc(NCCC(N)=NO)c1. The Morgan fingerprint density at radius 2 is 2.25 bits per heavy atom. The van der Waals surface area contributed by atoms with Crippen molar-refractivity contribution in [3.8, 4) is 0 Å². The van der Waals surface area contributed by atoms with Crippen molar-refractivity contribution in [1.82, 2.24) is 0 Å². The van der Waals surface area contributed by atoms with Crippen LogP contribution in [0.25, 0.3) is 0 Å². The zero-order chi connectivity index (χ0) is 12.0. The fraction of sp³-hybridized carbons (Fsp3) is 0.417. The molecule has 0 atom stereocenters. The molecule has 1 rings (SSSR count). The maximum atomic E-state index is 8.38. The molecule has 4 heteroatoms. The Kier molecular flexibility index (Phi) is 4.64. The van der Waals surface area contributed by atoms with Crippen molar-refractivity contribution in [2.75, 3.05) is 11.9 Å². The zero-order valence-corrected chi connectivity index (χ0v) is 9.77. The Bertz CT molecular complexity index is 361. The van der Waals surface area contributed by atoms with E-state index in [2.05, 4.69) is 36.5 Å².